The molecule has 3 heteroatoms. The summed E-state index contributed by atoms with van der Waals surface area (Å²) < 4.78 is 0. The number of nitrogens with zero attached hydrogens (tertiary/aromatic N) is 1. The molecule has 1 N–H and O–H groups in total. The fourth-order valence-electron chi connectivity index (χ4n) is 2.59. The van der Waals surface area contributed by atoms with E-state index in [1.165, 1.54) is 43.0 Å². The zero-order chi connectivity index (χ0) is 12.3. The van der Waals surface area contributed by atoms with Gasteiger partial charge in [-0.15, -0.1) is 0 Å². The molecule has 98 valence electrons. The number of hydrogen-bond acceptors (Lipinski definition) is 3. The molecule has 0 spiro atoms. The van der Waals surface area contributed by atoms with E-state index in [1.54, 1.807) is 0 Å². The summed E-state index contributed by atoms with van der Waals surface area (Å²) in [6.45, 7) is 7.97. The Morgan fingerprint density at radius 3 is 2.71 bits per heavy atom. The third-order valence-corrected chi connectivity index (χ3v) is 5.37. The molecule has 1 saturated carbocycles. The van der Waals surface area contributed by atoms with Gasteiger partial charge in [0, 0.05) is 18.3 Å². The smallest absolute Gasteiger partial charge is 0.156 e. The van der Waals surface area contributed by atoms with E-state index in [0.29, 0.717) is 11.5 Å². The van der Waals surface area contributed by atoms with Gasteiger partial charge in [0.15, 0.2) is 5.17 Å². The molecule has 17 heavy (non-hydrogen) atoms. The Morgan fingerprint density at radius 2 is 2.00 bits per heavy atom. The quantitative estimate of drug-likeness (QED) is 0.722. The van der Waals surface area contributed by atoms with E-state index in [4.69, 9.17) is 4.99 Å². The number of nitrogens with one attached hydrogen (secondary N) is 1. The maximum absolute atomic E-state index is 4.71. The molecular weight excluding hydrogens is 228 g/mol. The molecular formula is C14H26N2S. The number of hydrogen-bond donors (Lipinski definition) is 1. The van der Waals surface area contributed by atoms with Gasteiger partial charge >= 0.3 is 0 Å². The van der Waals surface area contributed by atoms with Crippen LogP contribution >= 0.6 is 11.8 Å². The van der Waals surface area contributed by atoms with E-state index < -0.39 is 0 Å². The SMILES string of the molecule is CC1CCCCCC1NC1=NCC(C)(C)CS1. The number of amidine groups is 1. The van der Waals surface area contributed by atoms with Gasteiger partial charge in [-0.25, -0.2) is 0 Å². The van der Waals surface area contributed by atoms with Crippen molar-refractivity contribution in [3.63, 3.8) is 0 Å². The molecule has 1 heterocycles. The lowest BCUT2D eigenvalue weighted by Crippen LogP contribution is -2.40. The molecule has 1 aliphatic carbocycles. The Labute approximate surface area is 110 Å². The molecule has 0 amide bonds. The van der Waals surface area contributed by atoms with E-state index in [9.17, 15) is 0 Å². The largest absolute Gasteiger partial charge is 0.362 e. The summed E-state index contributed by atoms with van der Waals surface area (Å²) >= 11 is 1.91. The monoisotopic (exact) mass is 254 g/mol. The Bertz CT molecular complexity index is 286. The summed E-state index contributed by atoms with van der Waals surface area (Å²) in [6.07, 6.45) is 6.90. The van der Waals surface area contributed by atoms with Crippen molar-refractivity contribution < 1.29 is 0 Å². The maximum Gasteiger partial charge on any atom is 0.156 e. The van der Waals surface area contributed by atoms with Crippen molar-refractivity contribution in [3.05, 3.63) is 0 Å². The van der Waals surface area contributed by atoms with Crippen molar-refractivity contribution in [1.82, 2.24) is 5.32 Å². The van der Waals surface area contributed by atoms with Crippen molar-refractivity contribution in [2.75, 3.05) is 12.3 Å². The van der Waals surface area contributed by atoms with Gasteiger partial charge in [-0.3, -0.25) is 4.99 Å². The average Bonchev–Trinajstić information content (AvgIpc) is 2.47. The fourth-order valence-corrected chi connectivity index (χ4v) is 3.60. The molecule has 2 unspecified atom stereocenters. The van der Waals surface area contributed by atoms with Gasteiger partial charge in [-0.05, 0) is 24.2 Å². The summed E-state index contributed by atoms with van der Waals surface area (Å²) in [7, 11) is 0. The molecule has 1 fully saturated rings. The first-order valence-corrected chi connectivity index (χ1v) is 7.99. The molecule has 0 bridgehead atoms. The van der Waals surface area contributed by atoms with Crippen molar-refractivity contribution in [1.29, 1.82) is 0 Å². The minimum Gasteiger partial charge on any atom is -0.362 e. The molecule has 2 nitrogen and oxygen atoms in total. The average molecular weight is 254 g/mol. The number of aliphatic imine (C=N–C) groups is 1. The zero-order valence-corrected chi connectivity index (χ0v) is 12.3. The van der Waals surface area contributed by atoms with E-state index >= 15 is 0 Å². The molecule has 0 radical (unpaired) electrons. The third kappa shape index (κ3) is 3.90. The normalized spacial score (nSPS) is 33.7. The zero-order valence-electron chi connectivity index (χ0n) is 11.5. The van der Waals surface area contributed by atoms with E-state index in [1.807, 2.05) is 11.8 Å². The van der Waals surface area contributed by atoms with Crippen molar-refractivity contribution in [3.8, 4) is 0 Å². The molecule has 0 saturated heterocycles. The standard InChI is InChI=1S/C14H26N2S/c1-11-7-5-4-6-8-12(11)16-13-15-9-14(2,3)10-17-13/h11-12H,4-10H2,1-3H3,(H,15,16). The Kier molecular flexibility index (Phi) is 4.40. The molecule has 2 rings (SSSR count). The van der Waals surface area contributed by atoms with Crippen LogP contribution < -0.4 is 5.32 Å². The van der Waals surface area contributed by atoms with E-state index in [0.717, 1.165) is 12.5 Å². The lowest BCUT2D eigenvalue weighted by molar-refractivity contribution is 0.397. The highest BCUT2D eigenvalue weighted by Gasteiger charge is 2.26. The van der Waals surface area contributed by atoms with E-state index in [-0.39, 0.29) is 0 Å². The molecule has 0 aromatic carbocycles. The van der Waals surface area contributed by atoms with Crippen LogP contribution in [0.3, 0.4) is 0 Å². The first-order chi connectivity index (χ1) is 8.07. The second kappa shape index (κ2) is 5.64. The van der Waals surface area contributed by atoms with Gasteiger partial charge in [-0.1, -0.05) is 51.8 Å². The van der Waals surface area contributed by atoms with Gasteiger partial charge in [0.1, 0.15) is 0 Å². The van der Waals surface area contributed by atoms with E-state index in [2.05, 4.69) is 26.1 Å². The summed E-state index contributed by atoms with van der Waals surface area (Å²) in [6, 6.07) is 0.657. The highest BCUT2D eigenvalue weighted by atomic mass is 32.2. The van der Waals surface area contributed by atoms with Gasteiger partial charge < -0.3 is 5.32 Å². The van der Waals surface area contributed by atoms with Gasteiger partial charge in [0.2, 0.25) is 0 Å². The lowest BCUT2D eigenvalue weighted by atomic mass is 9.96. The van der Waals surface area contributed by atoms with Crippen LogP contribution in [0.15, 0.2) is 4.99 Å². The van der Waals surface area contributed by atoms with Gasteiger partial charge in [0.05, 0.1) is 0 Å². The summed E-state index contributed by atoms with van der Waals surface area (Å²) in [5.74, 6) is 2.00. The van der Waals surface area contributed by atoms with Crippen LogP contribution in [0.4, 0.5) is 0 Å². The second-order valence-electron chi connectivity index (χ2n) is 6.44. The van der Waals surface area contributed by atoms with Crippen molar-refractivity contribution in [2.45, 2.75) is 58.9 Å². The van der Waals surface area contributed by atoms with Crippen LogP contribution in [-0.4, -0.2) is 23.5 Å². The van der Waals surface area contributed by atoms with Gasteiger partial charge in [-0.2, -0.15) is 0 Å². The predicted octanol–water partition coefficient (Wildman–Crippen LogP) is 3.67. The Hall–Kier alpha value is -0.180. The minimum absolute atomic E-state index is 0.380. The van der Waals surface area contributed by atoms with Crippen molar-refractivity contribution in [2.24, 2.45) is 16.3 Å². The van der Waals surface area contributed by atoms with Crippen LogP contribution in [0.25, 0.3) is 0 Å². The first kappa shape index (κ1) is 13.3. The third-order valence-electron chi connectivity index (χ3n) is 3.92. The van der Waals surface area contributed by atoms with Crippen LogP contribution in [0.1, 0.15) is 52.9 Å². The van der Waals surface area contributed by atoms with Crippen LogP contribution in [0.5, 0.6) is 0 Å². The molecule has 2 atom stereocenters. The van der Waals surface area contributed by atoms with Crippen LogP contribution in [0.2, 0.25) is 0 Å². The molecule has 0 aromatic rings. The summed E-state index contributed by atoms with van der Waals surface area (Å²) in [4.78, 5) is 4.71. The topological polar surface area (TPSA) is 24.4 Å². The van der Waals surface area contributed by atoms with Crippen molar-refractivity contribution >= 4 is 16.9 Å². The first-order valence-electron chi connectivity index (χ1n) is 7.01. The molecule has 2 aliphatic rings. The fraction of sp³-hybridized carbons (Fsp3) is 0.929. The maximum atomic E-state index is 4.71. The predicted molar refractivity (Wildman–Crippen MR) is 77.7 cm³/mol. The van der Waals surface area contributed by atoms with Crippen LogP contribution in [-0.2, 0) is 0 Å². The highest BCUT2D eigenvalue weighted by Crippen LogP contribution is 2.29. The Morgan fingerprint density at radius 1 is 1.24 bits per heavy atom. The summed E-state index contributed by atoms with van der Waals surface area (Å²) in [5.41, 5.74) is 0.380. The second-order valence-corrected chi connectivity index (χ2v) is 7.40. The molecule has 0 aromatic heterocycles. The Balaban J connectivity index is 1.89. The lowest BCUT2D eigenvalue weighted by Gasteiger charge is -2.30. The molecule has 1 aliphatic heterocycles. The van der Waals surface area contributed by atoms with Gasteiger partial charge in [0.25, 0.3) is 0 Å². The minimum atomic E-state index is 0.380. The summed E-state index contributed by atoms with van der Waals surface area (Å²) in [5, 5.41) is 4.90. The highest BCUT2D eigenvalue weighted by molar-refractivity contribution is 8.13. The number of rotatable bonds is 1. The number of thioether (sulfide) groups is 1. The van der Waals surface area contributed by atoms with Crippen LogP contribution in [0, 0.1) is 11.3 Å².